The average Bonchev–Trinajstić information content (AvgIpc) is 3.13. The summed E-state index contributed by atoms with van der Waals surface area (Å²) >= 11 is 0. The van der Waals surface area contributed by atoms with Crippen LogP contribution in [0.1, 0.15) is 63.4 Å². The minimum Gasteiger partial charge on any atom is -0.452 e. The van der Waals surface area contributed by atoms with Crippen LogP contribution >= 0.6 is 0 Å². The van der Waals surface area contributed by atoms with Crippen LogP contribution < -0.4 is 5.32 Å². The topological polar surface area (TPSA) is 92.8 Å². The van der Waals surface area contributed by atoms with E-state index in [1.54, 1.807) is 28.6 Å². The Morgan fingerprint density at radius 1 is 1.00 bits per heavy atom. The third kappa shape index (κ3) is 8.12. The van der Waals surface area contributed by atoms with Gasteiger partial charge in [0.15, 0.2) is 6.61 Å². The third-order valence-corrected chi connectivity index (χ3v) is 7.91. The Morgan fingerprint density at radius 3 is 2.39 bits per heavy atom. The first-order valence-corrected chi connectivity index (χ1v) is 13.3. The van der Waals surface area contributed by atoms with Crippen molar-refractivity contribution in [3.8, 4) is 0 Å². The zero-order valence-electron chi connectivity index (χ0n) is 19.1. The lowest BCUT2D eigenvalue weighted by atomic mass is 9.97. The summed E-state index contributed by atoms with van der Waals surface area (Å²) in [6.45, 7) is 1.34. The highest BCUT2D eigenvalue weighted by Crippen LogP contribution is 2.21. The molecule has 0 spiro atoms. The Bertz CT molecular complexity index is 959. The zero-order valence-corrected chi connectivity index (χ0v) is 19.9. The smallest absolute Gasteiger partial charge is 0.331 e. The first kappa shape index (κ1) is 25.2. The molecule has 0 bridgehead atoms. The second-order valence-electron chi connectivity index (χ2n) is 8.54. The molecule has 1 saturated heterocycles. The van der Waals surface area contributed by atoms with Gasteiger partial charge in [-0.25, -0.2) is 13.2 Å². The number of benzene rings is 1. The fourth-order valence-electron chi connectivity index (χ4n) is 4.08. The molecule has 0 atom stereocenters. The van der Waals surface area contributed by atoms with Gasteiger partial charge >= 0.3 is 5.97 Å². The van der Waals surface area contributed by atoms with Crippen molar-refractivity contribution in [1.29, 1.82) is 0 Å². The molecule has 33 heavy (non-hydrogen) atoms. The van der Waals surface area contributed by atoms with Crippen molar-refractivity contribution in [3.05, 3.63) is 47.6 Å². The standard InChI is InChI=1S/C25H34N2O5S/c28-24(26-17-16-21-8-4-3-5-9-21)20-32-25(29)15-12-22-10-13-23(14-11-22)33(30,31)27-18-6-1-2-7-19-27/h8,10-15H,1-7,9,16-20H2,(H,26,28). The minimum absolute atomic E-state index is 0.254. The number of carbonyl (C=O) groups excluding carboxylic acids is 2. The highest BCUT2D eigenvalue weighted by molar-refractivity contribution is 7.89. The largest absolute Gasteiger partial charge is 0.452 e. The maximum Gasteiger partial charge on any atom is 0.331 e. The zero-order chi connectivity index (χ0) is 23.5. The number of rotatable bonds is 9. The van der Waals surface area contributed by atoms with Crippen LogP contribution in [0.3, 0.4) is 0 Å². The average molecular weight is 475 g/mol. The van der Waals surface area contributed by atoms with Gasteiger partial charge < -0.3 is 10.1 Å². The van der Waals surface area contributed by atoms with Crippen LogP contribution in [0.2, 0.25) is 0 Å². The number of amides is 1. The molecular weight excluding hydrogens is 440 g/mol. The van der Waals surface area contributed by atoms with Crippen molar-refractivity contribution in [2.75, 3.05) is 26.2 Å². The van der Waals surface area contributed by atoms with Crippen LogP contribution in [-0.2, 0) is 24.3 Å². The van der Waals surface area contributed by atoms with Gasteiger partial charge in [-0.3, -0.25) is 4.79 Å². The molecule has 1 aliphatic carbocycles. The summed E-state index contributed by atoms with van der Waals surface area (Å²) < 4.78 is 32.2. The number of allylic oxidation sites excluding steroid dienone is 1. The van der Waals surface area contributed by atoms with Gasteiger partial charge in [0.05, 0.1) is 4.90 Å². The second kappa shape index (κ2) is 12.7. The molecule has 0 radical (unpaired) electrons. The molecule has 1 amide bonds. The molecule has 0 saturated carbocycles. The highest BCUT2D eigenvalue weighted by atomic mass is 32.2. The molecular formula is C25H34N2O5S. The van der Waals surface area contributed by atoms with Crippen LogP contribution in [0.4, 0.5) is 0 Å². The van der Waals surface area contributed by atoms with Crippen molar-refractivity contribution in [2.24, 2.45) is 0 Å². The summed E-state index contributed by atoms with van der Waals surface area (Å²) in [5, 5.41) is 2.77. The van der Waals surface area contributed by atoms with Crippen LogP contribution in [-0.4, -0.2) is 50.8 Å². The minimum atomic E-state index is -3.50. The van der Waals surface area contributed by atoms with Crippen molar-refractivity contribution < 1.29 is 22.7 Å². The fourth-order valence-corrected chi connectivity index (χ4v) is 5.59. The predicted molar refractivity (Wildman–Crippen MR) is 128 cm³/mol. The van der Waals surface area contributed by atoms with Gasteiger partial charge in [-0.1, -0.05) is 36.6 Å². The van der Waals surface area contributed by atoms with Crippen molar-refractivity contribution >= 4 is 28.0 Å². The summed E-state index contributed by atoms with van der Waals surface area (Å²) in [6, 6.07) is 6.42. The summed E-state index contributed by atoms with van der Waals surface area (Å²) in [7, 11) is -3.50. The van der Waals surface area contributed by atoms with Gasteiger partial charge in [-0.15, -0.1) is 0 Å². The molecule has 7 nitrogen and oxygen atoms in total. The maximum atomic E-state index is 12.8. The number of carbonyl (C=O) groups is 2. The van der Waals surface area contributed by atoms with E-state index in [0.29, 0.717) is 25.2 Å². The molecule has 1 fully saturated rings. The number of nitrogens with zero attached hydrogens (tertiary/aromatic N) is 1. The molecule has 1 N–H and O–H groups in total. The number of ether oxygens (including phenoxy) is 1. The molecule has 1 aromatic rings. The normalized spacial score (nSPS) is 17.9. The third-order valence-electron chi connectivity index (χ3n) is 5.99. The first-order chi connectivity index (χ1) is 15.9. The van der Waals surface area contributed by atoms with Gasteiger partial charge in [0.1, 0.15) is 0 Å². The van der Waals surface area contributed by atoms with E-state index in [4.69, 9.17) is 4.74 Å². The predicted octanol–water partition coefficient (Wildman–Crippen LogP) is 3.81. The van der Waals surface area contributed by atoms with E-state index in [1.807, 2.05) is 0 Å². The molecule has 1 heterocycles. The van der Waals surface area contributed by atoms with E-state index in [9.17, 15) is 18.0 Å². The molecule has 1 aromatic carbocycles. The Kier molecular flexibility index (Phi) is 9.69. The van der Waals surface area contributed by atoms with E-state index < -0.39 is 16.0 Å². The highest BCUT2D eigenvalue weighted by Gasteiger charge is 2.24. The van der Waals surface area contributed by atoms with Crippen LogP contribution in [0.25, 0.3) is 6.08 Å². The number of nitrogens with one attached hydrogen (secondary N) is 1. The van der Waals surface area contributed by atoms with E-state index >= 15 is 0 Å². The number of hydrogen-bond acceptors (Lipinski definition) is 5. The second-order valence-corrected chi connectivity index (χ2v) is 10.5. The summed E-state index contributed by atoms with van der Waals surface area (Å²) in [5.74, 6) is -0.947. The molecule has 3 rings (SSSR count). The lowest BCUT2D eigenvalue weighted by Crippen LogP contribution is -2.31. The monoisotopic (exact) mass is 474 g/mol. The lowest BCUT2D eigenvalue weighted by molar-refractivity contribution is -0.143. The fraction of sp³-hybridized carbons (Fsp3) is 0.520. The van der Waals surface area contributed by atoms with Crippen molar-refractivity contribution in [3.63, 3.8) is 0 Å². The quantitative estimate of drug-likeness (QED) is 0.334. The number of esters is 1. The number of hydrogen-bond donors (Lipinski definition) is 1. The SMILES string of the molecule is O=C(COC(=O)C=Cc1ccc(S(=O)(=O)N2CCCCCC2)cc1)NCCC1=CCCCC1. The summed E-state index contributed by atoms with van der Waals surface area (Å²) in [4.78, 5) is 24.0. The molecule has 0 aromatic heterocycles. The molecule has 2 aliphatic rings. The van der Waals surface area contributed by atoms with Gasteiger partial charge in [-0.2, -0.15) is 4.31 Å². The van der Waals surface area contributed by atoms with Crippen molar-refractivity contribution in [2.45, 2.75) is 62.7 Å². The van der Waals surface area contributed by atoms with Gasteiger partial charge in [0.25, 0.3) is 5.91 Å². The summed E-state index contributed by atoms with van der Waals surface area (Å²) in [6.07, 6.45) is 14.4. The van der Waals surface area contributed by atoms with E-state index in [0.717, 1.165) is 44.9 Å². The Balaban J connectivity index is 1.42. The van der Waals surface area contributed by atoms with E-state index in [2.05, 4.69) is 11.4 Å². The molecule has 1 aliphatic heterocycles. The molecule has 0 unspecified atom stereocenters. The van der Waals surface area contributed by atoms with Crippen LogP contribution in [0, 0.1) is 0 Å². The Morgan fingerprint density at radius 2 is 1.73 bits per heavy atom. The van der Waals surface area contributed by atoms with Crippen molar-refractivity contribution in [1.82, 2.24) is 9.62 Å². The summed E-state index contributed by atoms with van der Waals surface area (Å²) in [5.41, 5.74) is 2.05. The van der Waals surface area contributed by atoms with Gasteiger partial charge in [-0.05, 0) is 68.7 Å². The van der Waals surface area contributed by atoms with Crippen LogP contribution in [0.15, 0.2) is 46.9 Å². The first-order valence-electron chi connectivity index (χ1n) is 11.8. The van der Waals surface area contributed by atoms with Crippen LogP contribution in [0.5, 0.6) is 0 Å². The molecule has 8 heteroatoms. The van der Waals surface area contributed by atoms with Gasteiger partial charge in [0.2, 0.25) is 10.0 Å². The number of sulfonamides is 1. The Hall–Kier alpha value is -2.45. The lowest BCUT2D eigenvalue weighted by Gasteiger charge is -2.19. The van der Waals surface area contributed by atoms with E-state index in [1.165, 1.54) is 30.6 Å². The van der Waals surface area contributed by atoms with Gasteiger partial charge in [0, 0.05) is 25.7 Å². The Labute approximate surface area is 196 Å². The van der Waals surface area contributed by atoms with E-state index in [-0.39, 0.29) is 17.4 Å². The maximum absolute atomic E-state index is 12.8. The molecule has 180 valence electrons.